The molecule has 165 valence electrons. The lowest BCUT2D eigenvalue weighted by Gasteiger charge is -2.27. The van der Waals surface area contributed by atoms with Gasteiger partial charge in [0, 0.05) is 6.42 Å². The van der Waals surface area contributed by atoms with Crippen LogP contribution in [0.15, 0.2) is 66.2 Å². The van der Waals surface area contributed by atoms with Gasteiger partial charge in [-0.25, -0.2) is 0 Å². The van der Waals surface area contributed by atoms with Crippen molar-refractivity contribution in [2.75, 3.05) is 0 Å². The quantitative estimate of drug-likeness (QED) is 0.393. The highest BCUT2D eigenvalue weighted by molar-refractivity contribution is 5.94. The maximum atomic E-state index is 2.43. The van der Waals surface area contributed by atoms with Crippen molar-refractivity contribution in [3.05, 3.63) is 94.9 Å². The highest BCUT2D eigenvalue weighted by Gasteiger charge is 2.25. The molecule has 3 aromatic carbocycles. The van der Waals surface area contributed by atoms with Crippen molar-refractivity contribution in [1.29, 1.82) is 0 Å². The van der Waals surface area contributed by atoms with Gasteiger partial charge in [-0.05, 0) is 61.8 Å². The summed E-state index contributed by atoms with van der Waals surface area (Å²) in [7, 11) is 0. The van der Waals surface area contributed by atoms with Crippen molar-refractivity contribution < 1.29 is 0 Å². The van der Waals surface area contributed by atoms with E-state index in [9.17, 15) is 0 Å². The molecule has 1 aliphatic rings. The summed E-state index contributed by atoms with van der Waals surface area (Å²) < 4.78 is 0. The second-order valence-electron chi connectivity index (χ2n) is 11.3. The van der Waals surface area contributed by atoms with E-state index in [-0.39, 0.29) is 10.8 Å². The van der Waals surface area contributed by atoms with Crippen molar-refractivity contribution >= 4 is 6.08 Å². The first kappa shape index (κ1) is 22.6. The SMILES string of the molecule is CCCC1=Cc2c(ccc(-c3ccccc3)c2-c2cc(C(C)(C)C)cc(C(C)(C)C)c2)[CH]1. The van der Waals surface area contributed by atoms with Gasteiger partial charge in [0.15, 0.2) is 0 Å². The fraction of sp³-hybridized carbons (Fsp3) is 0.344. The lowest BCUT2D eigenvalue weighted by molar-refractivity contribution is 0.569. The van der Waals surface area contributed by atoms with Crippen molar-refractivity contribution in [2.45, 2.75) is 72.1 Å². The van der Waals surface area contributed by atoms with Gasteiger partial charge in [-0.15, -0.1) is 0 Å². The predicted octanol–water partition coefficient (Wildman–Crippen LogP) is 9.37. The van der Waals surface area contributed by atoms with Gasteiger partial charge in [0.25, 0.3) is 0 Å². The van der Waals surface area contributed by atoms with Gasteiger partial charge in [-0.3, -0.25) is 0 Å². The Morgan fingerprint density at radius 2 is 1.31 bits per heavy atom. The summed E-state index contributed by atoms with van der Waals surface area (Å²) in [6.07, 6.45) is 7.12. The molecule has 0 fully saturated rings. The largest absolute Gasteiger partial charge is 0.0651 e. The number of rotatable bonds is 4. The lowest BCUT2D eigenvalue weighted by Crippen LogP contribution is -2.16. The Labute approximate surface area is 195 Å². The molecule has 0 saturated heterocycles. The second kappa shape index (κ2) is 8.39. The zero-order valence-corrected chi connectivity index (χ0v) is 20.8. The van der Waals surface area contributed by atoms with Crippen LogP contribution in [-0.4, -0.2) is 0 Å². The standard InChI is InChI=1S/C32H37/c1-8-12-22-17-24-15-16-28(23-13-10-9-11-14-23)30(29(24)18-22)25-19-26(31(2,3)4)21-27(20-25)32(5,6)7/h9-11,13-21H,8,12H2,1-7H3. The molecule has 0 amide bonds. The summed E-state index contributed by atoms with van der Waals surface area (Å²) >= 11 is 0. The minimum absolute atomic E-state index is 0.0935. The molecule has 4 rings (SSSR count). The lowest BCUT2D eigenvalue weighted by atomic mass is 9.77. The minimum atomic E-state index is 0.0935. The number of hydrogen-bond donors (Lipinski definition) is 0. The third-order valence-electron chi connectivity index (χ3n) is 6.53. The molecule has 0 nitrogen and oxygen atoms in total. The summed E-state index contributed by atoms with van der Waals surface area (Å²) in [4.78, 5) is 0. The molecule has 0 spiro atoms. The Balaban J connectivity index is 2.04. The molecular weight excluding hydrogens is 384 g/mol. The van der Waals surface area contributed by atoms with E-state index in [0.717, 1.165) is 6.42 Å². The molecule has 0 atom stereocenters. The summed E-state index contributed by atoms with van der Waals surface area (Å²) in [5, 5.41) is 0. The Morgan fingerprint density at radius 3 is 1.88 bits per heavy atom. The van der Waals surface area contributed by atoms with Gasteiger partial charge >= 0.3 is 0 Å². The first-order valence-electron chi connectivity index (χ1n) is 12.0. The van der Waals surface area contributed by atoms with Crippen LogP contribution in [0, 0.1) is 6.42 Å². The van der Waals surface area contributed by atoms with E-state index in [2.05, 4.69) is 122 Å². The number of hydrogen-bond acceptors (Lipinski definition) is 0. The zero-order valence-electron chi connectivity index (χ0n) is 20.8. The summed E-state index contributed by atoms with van der Waals surface area (Å²) in [5.41, 5.74) is 12.4. The minimum Gasteiger partial charge on any atom is -0.0651 e. The Bertz CT molecular complexity index is 1110. The molecule has 1 aliphatic carbocycles. The van der Waals surface area contributed by atoms with Gasteiger partial charge in [0.2, 0.25) is 0 Å². The summed E-state index contributed by atoms with van der Waals surface area (Å²) in [6, 6.07) is 22.8. The molecule has 1 radical (unpaired) electrons. The smallest absolute Gasteiger partial charge is 0.0164 e. The van der Waals surface area contributed by atoms with Gasteiger partial charge in [-0.2, -0.15) is 0 Å². The summed E-state index contributed by atoms with van der Waals surface area (Å²) in [5.74, 6) is 0. The van der Waals surface area contributed by atoms with Gasteiger partial charge in [-0.1, -0.05) is 127 Å². The third-order valence-corrected chi connectivity index (χ3v) is 6.53. The second-order valence-corrected chi connectivity index (χ2v) is 11.3. The molecule has 3 aromatic rings. The maximum absolute atomic E-state index is 2.43. The van der Waals surface area contributed by atoms with Crippen LogP contribution in [0.5, 0.6) is 0 Å². The van der Waals surface area contributed by atoms with Crippen LogP contribution < -0.4 is 0 Å². The van der Waals surface area contributed by atoms with E-state index >= 15 is 0 Å². The number of fused-ring (bicyclic) bond motifs is 1. The van der Waals surface area contributed by atoms with Crippen LogP contribution in [0.1, 0.15) is 83.6 Å². The first-order valence-corrected chi connectivity index (χ1v) is 12.0. The highest BCUT2D eigenvalue weighted by Crippen LogP contribution is 2.44. The van der Waals surface area contributed by atoms with E-state index in [1.807, 2.05) is 0 Å². The van der Waals surface area contributed by atoms with E-state index in [4.69, 9.17) is 0 Å². The molecule has 0 aromatic heterocycles. The number of allylic oxidation sites excluding steroid dienone is 1. The topological polar surface area (TPSA) is 0 Å². The first-order chi connectivity index (χ1) is 15.1. The average molecular weight is 422 g/mol. The normalized spacial score (nSPS) is 13.8. The Kier molecular flexibility index (Phi) is 5.93. The highest BCUT2D eigenvalue weighted by atomic mass is 14.3. The van der Waals surface area contributed by atoms with Gasteiger partial charge in [0.1, 0.15) is 0 Å². The maximum Gasteiger partial charge on any atom is 0.0164 e. The van der Waals surface area contributed by atoms with Crippen molar-refractivity contribution in [1.82, 2.24) is 0 Å². The van der Waals surface area contributed by atoms with Crippen molar-refractivity contribution in [2.24, 2.45) is 0 Å². The Hall–Kier alpha value is -2.60. The van der Waals surface area contributed by atoms with Gasteiger partial charge < -0.3 is 0 Å². The predicted molar refractivity (Wildman–Crippen MR) is 141 cm³/mol. The molecular formula is C32H37. The van der Waals surface area contributed by atoms with E-state index in [0.29, 0.717) is 0 Å². The van der Waals surface area contributed by atoms with Crippen LogP contribution in [0.4, 0.5) is 0 Å². The van der Waals surface area contributed by atoms with Crippen LogP contribution in [0.2, 0.25) is 0 Å². The molecule has 0 aliphatic heterocycles. The third kappa shape index (κ3) is 4.46. The van der Waals surface area contributed by atoms with Crippen LogP contribution >= 0.6 is 0 Å². The van der Waals surface area contributed by atoms with E-state index in [1.165, 1.54) is 56.5 Å². The molecule has 0 N–H and O–H groups in total. The van der Waals surface area contributed by atoms with Crippen LogP contribution in [0.3, 0.4) is 0 Å². The van der Waals surface area contributed by atoms with Crippen molar-refractivity contribution in [3.63, 3.8) is 0 Å². The average Bonchev–Trinajstić information content (AvgIpc) is 3.15. The van der Waals surface area contributed by atoms with Crippen molar-refractivity contribution in [3.8, 4) is 22.3 Å². The fourth-order valence-electron chi connectivity index (χ4n) is 4.58. The zero-order chi connectivity index (χ0) is 23.1. The number of benzene rings is 3. The molecule has 32 heavy (non-hydrogen) atoms. The van der Waals surface area contributed by atoms with E-state index < -0.39 is 0 Å². The van der Waals surface area contributed by atoms with Crippen LogP contribution in [-0.2, 0) is 10.8 Å². The molecule has 0 heteroatoms. The summed E-state index contributed by atoms with van der Waals surface area (Å²) in [6.45, 7) is 16.2. The van der Waals surface area contributed by atoms with Gasteiger partial charge in [0.05, 0.1) is 0 Å². The molecule has 0 bridgehead atoms. The fourth-order valence-corrected chi connectivity index (χ4v) is 4.58. The Morgan fingerprint density at radius 1 is 0.688 bits per heavy atom. The van der Waals surface area contributed by atoms with Crippen LogP contribution in [0.25, 0.3) is 28.3 Å². The van der Waals surface area contributed by atoms with E-state index in [1.54, 1.807) is 0 Å². The monoisotopic (exact) mass is 421 g/mol. The molecule has 0 unspecified atom stereocenters. The molecule has 0 saturated carbocycles. The molecule has 0 heterocycles.